The van der Waals surface area contributed by atoms with Gasteiger partial charge in [0.05, 0.1) is 24.0 Å². The summed E-state index contributed by atoms with van der Waals surface area (Å²) in [5, 5.41) is 15.9. The maximum absolute atomic E-state index is 14.2. The molecule has 158 valence electrons. The van der Waals surface area contributed by atoms with E-state index in [1.54, 1.807) is 17.3 Å². The van der Waals surface area contributed by atoms with Crippen LogP contribution in [0.2, 0.25) is 0 Å². The average molecular weight is 433 g/mol. The lowest BCUT2D eigenvalue weighted by Gasteiger charge is -2.15. The molecule has 0 saturated heterocycles. The van der Waals surface area contributed by atoms with E-state index in [0.717, 1.165) is 22.5 Å². The fraction of sp³-hybridized carbons (Fsp3) is 0.316. The molecule has 1 aromatic carbocycles. The SMILES string of the molecule is Cc1cc(C)n(C(C)C2=NN(c3ccn(Cc4c(F)ccc(N)c4F)n3)C(N)S2)n1. The first kappa shape index (κ1) is 20.4. The molecule has 4 rings (SSSR count). The van der Waals surface area contributed by atoms with Crippen molar-refractivity contribution in [1.82, 2.24) is 19.6 Å². The number of thioether (sulfide) groups is 1. The molecule has 30 heavy (non-hydrogen) atoms. The van der Waals surface area contributed by atoms with Gasteiger partial charge in [-0.3, -0.25) is 9.36 Å². The number of hydrogen-bond acceptors (Lipinski definition) is 7. The zero-order valence-electron chi connectivity index (χ0n) is 16.8. The standard InChI is InChI=1S/C19H22F2N8S/c1-10-8-11(2)28(24-10)12(3)18-26-29(19(23)30-18)16-6-7-27(25-16)9-13-14(20)4-5-15(22)17(13)21/h4-8,12,19H,9,22-23H2,1-3H3. The van der Waals surface area contributed by atoms with Gasteiger partial charge in [-0.25, -0.2) is 13.8 Å². The minimum Gasteiger partial charge on any atom is -0.396 e. The van der Waals surface area contributed by atoms with Crippen molar-refractivity contribution in [3.05, 3.63) is 59.0 Å². The molecule has 8 nitrogen and oxygen atoms in total. The van der Waals surface area contributed by atoms with Gasteiger partial charge in [0.15, 0.2) is 17.1 Å². The number of nitrogens with zero attached hydrogens (tertiary/aromatic N) is 6. The Kier molecular flexibility index (Phi) is 5.24. The van der Waals surface area contributed by atoms with Crippen molar-refractivity contribution in [2.75, 3.05) is 10.7 Å². The summed E-state index contributed by atoms with van der Waals surface area (Å²) in [6.45, 7) is 5.84. The first-order valence-corrected chi connectivity index (χ1v) is 10.2. The quantitative estimate of drug-likeness (QED) is 0.601. The number of anilines is 2. The summed E-state index contributed by atoms with van der Waals surface area (Å²) in [6.07, 6.45) is 1.62. The third-order valence-electron chi connectivity index (χ3n) is 4.86. The third kappa shape index (κ3) is 3.65. The average Bonchev–Trinajstić information content (AvgIpc) is 3.40. The molecule has 0 saturated carbocycles. The number of halogens is 2. The molecule has 0 amide bonds. The van der Waals surface area contributed by atoms with E-state index in [1.807, 2.05) is 31.5 Å². The first-order valence-electron chi connectivity index (χ1n) is 9.33. The van der Waals surface area contributed by atoms with Crippen LogP contribution < -0.4 is 16.5 Å². The van der Waals surface area contributed by atoms with Gasteiger partial charge in [0.25, 0.3) is 0 Å². The number of benzene rings is 1. The zero-order chi connectivity index (χ0) is 21.6. The van der Waals surface area contributed by atoms with Crippen LogP contribution in [0.5, 0.6) is 0 Å². The lowest BCUT2D eigenvalue weighted by Crippen LogP contribution is -2.32. The molecule has 2 aromatic heterocycles. The number of hydrazone groups is 1. The number of nitrogens with two attached hydrogens (primary N) is 2. The topological polar surface area (TPSA) is 103 Å². The second-order valence-electron chi connectivity index (χ2n) is 7.14. The number of rotatable bonds is 5. The highest BCUT2D eigenvalue weighted by Crippen LogP contribution is 2.32. The van der Waals surface area contributed by atoms with E-state index in [9.17, 15) is 8.78 Å². The molecule has 11 heteroatoms. The predicted molar refractivity (Wildman–Crippen MR) is 114 cm³/mol. The van der Waals surface area contributed by atoms with Gasteiger partial charge in [-0.05, 0) is 39.0 Å². The summed E-state index contributed by atoms with van der Waals surface area (Å²) in [7, 11) is 0. The Hall–Kier alpha value is -2.92. The molecular formula is C19H22F2N8S. The lowest BCUT2D eigenvalue weighted by molar-refractivity contribution is 0.535. The van der Waals surface area contributed by atoms with Crippen molar-refractivity contribution >= 4 is 28.3 Å². The van der Waals surface area contributed by atoms with Gasteiger partial charge in [-0.1, -0.05) is 11.8 Å². The fourth-order valence-corrected chi connectivity index (χ4v) is 4.28. The molecule has 1 aliphatic rings. The maximum Gasteiger partial charge on any atom is 0.173 e. The summed E-state index contributed by atoms with van der Waals surface area (Å²) in [5.74, 6) is -0.971. The molecule has 2 atom stereocenters. The van der Waals surface area contributed by atoms with Crippen LogP contribution in [-0.2, 0) is 6.54 Å². The van der Waals surface area contributed by atoms with Crippen LogP contribution in [-0.4, -0.2) is 30.1 Å². The van der Waals surface area contributed by atoms with Crippen molar-refractivity contribution in [2.24, 2.45) is 10.8 Å². The minimum absolute atomic E-state index is 0.0858. The van der Waals surface area contributed by atoms with E-state index < -0.39 is 17.1 Å². The Labute approximate surface area is 176 Å². The van der Waals surface area contributed by atoms with Crippen molar-refractivity contribution in [2.45, 2.75) is 38.9 Å². The van der Waals surface area contributed by atoms with Crippen LogP contribution in [0, 0.1) is 25.5 Å². The van der Waals surface area contributed by atoms with Crippen LogP contribution in [0.4, 0.5) is 20.3 Å². The Morgan fingerprint density at radius 3 is 2.67 bits per heavy atom. The van der Waals surface area contributed by atoms with Crippen molar-refractivity contribution in [3.63, 3.8) is 0 Å². The monoisotopic (exact) mass is 432 g/mol. The summed E-state index contributed by atoms with van der Waals surface area (Å²) in [4.78, 5) is 0. The van der Waals surface area contributed by atoms with Crippen molar-refractivity contribution in [1.29, 1.82) is 0 Å². The van der Waals surface area contributed by atoms with E-state index in [-0.39, 0.29) is 23.8 Å². The number of aromatic nitrogens is 4. The van der Waals surface area contributed by atoms with E-state index in [0.29, 0.717) is 5.82 Å². The highest BCUT2D eigenvalue weighted by atomic mass is 32.2. The lowest BCUT2D eigenvalue weighted by atomic mass is 10.1. The number of nitrogen functional groups attached to an aromatic ring is 1. The molecule has 2 unspecified atom stereocenters. The van der Waals surface area contributed by atoms with Gasteiger partial charge < -0.3 is 11.5 Å². The summed E-state index contributed by atoms with van der Waals surface area (Å²) in [6, 6.07) is 5.95. The molecule has 4 N–H and O–H groups in total. The molecule has 3 aromatic rings. The van der Waals surface area contributed by atoms with Crippen LogP contribution in [0.25, 0.3) is 0 Å². The molecule has 1 aliphatic heterocycles. The molecule has 3 heterocycles. The van der Waals surface area contributed by atoms with Crippen LogP contribution >= 0.6 is 11.8 Å². The zero-order valence-corrected chi connectivity index (χ0v) is 17.6. The highest BCUT2D eigenvalue weighted by Gasteiger charge is 2.31. The van der Waals surface area contributed by atoms with Gasteiger partial charge in [-0.2, -0.15) is 15.3 Å². The molecule has 0 aliphatic carbocycles. The van der Waals surface area contributed by atoms with E-state index in [1.165, 1.54) is 22.5 Å². The summed E-state index contributed by atoms with van der Waals surface area (Å²) in [5.41, 5.74) is 13.0. The first-order chi connectivity index (χ1) is 14.2. The molecule has 0 fully saturated rings. The van der Waals surface area contributed by atoms with Gasteiger partial charge in [-0.15, -0.1) is 0 Å². The van der Waals surface area contributed by atoms with Crippen LogP contribution in [0.3, 0.4) is 0 Å². The van der Waals surface area contributed by atoms with Crippen LogP contribution in [0.1, 0.15) is 29.9 Å². The third-order valence-corrected chi connectivity index (χ3v) is 5.96. The smallest absolute Gasteiger partial charge is 0.173 e. The van der Waals surface area contributed by atoms with Gasteiger partial charge in [0.1, 0.15) is 10.9 Å². The van der Waals surface area contributed by atoms with Gasteiger partial charge in [0, 0.05) is 23.5 Å². The fourth-order valence-electron chi connectivity index (χ4n) is 3.35. The van der Waals surface area contributed by atoms with Crippen LogP contribution in [0.15, 0.2) is 35.6 Å². The number of aryl methyl sites for hydroxylation is 2. The van der Waals surface area contributed by atoms with Gasteiger partial charge in [0.2, 0.25) is 0 Å². The summed E-state index contributed by atoms with van der Waals surface area (Å²) < 4.78 is 31.5. The maximum atomic E-state index is 14.2. The molecule has 0 bridgehead atoms. The second kappa shape index (κ2) is 7.73. The van der Waals surface area contributed by atoms with Crippen molar-refractivity contribution in [3.8, 4) is 0 Å². The number of hydrogen-bond donors (Lipinski definition) is 2. The Morgan fingerprint density at radius 2 is 1.97 bits per heavy atom. The Balaban J connectivity index is 1.56. The normalized spacial score (nSPS) is 17.5. The largest absolute Gasteiger partial charge is 0.396 e. The molecule has 0 spiro atoms. The van der Waals surface area contributed by atoms with Crippen molar-refractivity contribution < 1.29 is 8.78 Å². The summed E-state index contributed by atoms with van der Waals surface area (Å²) >= 11 is 1.42. The predicted octanol–water partition coefficient (Wildman–Crippen LogP) is 2.98. The van der Waals surface area contributed by atoms with Gasteiger partial charge >= 0.3 is 0 Å². The minimum atomic E-state index is -0.778. The highest BCUT2D eigenvalue weighted by molar-refractivity contribution is 8.14. The molecular weight excluding hydrogens is 410 g/mol. The Bertz CT molecular complexity index is 1120. The Morgan fingerprint density at radius 1 is 1.20 bits per heavy atom. The van der Waals surface area contributed by atoms with E-state index >= 15 is 0 Å². The van der Waals surface area contributed by atoms with E-state index in [4.69, 9.17) is 11.5 Å². The second-order valence-corrected chi connectivity index (χ2v) is 8.28. The van der Waals surface area contributed by atoms with E-state index in [2.05, 4.69) is 15.3 Å². The molecule has 0 radical (unpaired) electrons.